The van der Waals surface area contributed by atoms with Gasteiger partial charge < -0.3 is 15.2 Å². The Hall–Kier alpha value is -1.88. The normalized spacial score (nSPS) is 27.8. The minimum atomic E-state index is -0.906. The molecule has 1 heterocycles. The maximum Gasteiger partial charge on any atom is 0.326 e. The number of ether oxygens (including phenoxy) is 2. The third kappa shape index (κ3) is 3.81. The Bertz CT molecular complexity index is 474. The summed E-state index contributed by atoms with van der Waals surface area (Å²) in [6, 6.07) is 8.79. The monoisotopic (exact) mass is 277 g/mol. The van der Waals surface area contributed by atoms with Gasteiger partial charge in [0.05, 0.1) is 12.0 Å². The molecule has 3 atom stereocenters. The van der Waals surface area contributed by atoms with Gasteiger partial charge in [0.1, 0.15) is 12.6 Å². The molecule has 5 heteroatoms. The van der Waals surface area contributed by atoms with Crippen LogP contribution in [-0.4, -0.2) is 30.7 Å². The van der Waals surface area contributed by atoms with Crippen LogP contribution in [0.25, 0.3) is 0 Å². The summed E-state index contributed by atoms with van der Waals surface area (Å²) >= 11 is 0. The molecule has 0 saturated carbocycles. The highest BCUT2D eigenvalue weighted by atomic mass is 16.6. The fourth-order valence-corrected chi connectivity index (χ4v) is 2.25. The van der Waals surface area contributed by atoms with E-state index in [1.165, 1.54) is 0 Å². The maximum atomic E-state index is 12.1. The Morgan fingerprint density at radius 3 is 2.60 bits per heavy atom. The number of esters is 2. The van der Waals surface area contributed by atoms with Crippen molar-refractivity contribution in [2.45, 2.75) is 31.9 Å². The van der Waals surface area contributed by atoms with Crippen molar-refractivity contribution in [2.24, 2.45) is 11.7 Å². The molecule has 1 aromatic carbocycles. The summed E-state index contributed by atoms with van der Waals surface area (Å²) in [6.45, 7) is 1.64. The van der Waals surface area contributed by atoms with Crippen molar-refractivity contribution in [3.63, 3.8) is 0 Å². The summed E-state index contributed by atoms with van der Waals surface area (Å²) in [5, 5.41) is 0. The molecule has 1 aliphatic heterocycles. The number of nitrogens with two attached hydrogens (primary N) is 1. The van der Waals surface area contributed by atoms with Gasteiger partial charge >= 0.3 is 11.9 Å². The van der Waals surface area contributed by atoms with Crippen LogP contribution in [0.5, 0.6) is 0 Å². The summed E-state index contributed by atoms with van der Waals surface area (Å²) in [6.07, 6.45) is 0.649. The number of carbonyl (C=O) groups excluding carboxylic acids is 2. The quantitative estimate of drug-likeness (QED) is 0.817. The third-order valence-electron chi connectivity index (χ3n) is 3.30. The average molecular weight is 277 g/mol. The summed E-state index contributed by atoms with van der Waals surface area (Å²) in [5.41, 5.74) is 6.64. The zero-order valence-electron chi connectivity index (χ0n) is 11.5. The van der Waals surface area contributed by atoms with Crippen LogP contribution in [0.15, 0.2) is 30.3 Å². The summed E-state index contributed by atoms with van der Waals surface area (Å²) < 4.78 is 10.3. The first-order valence-corrected chi connectivity index (χ1v) is 6.73. The minimum absolute atomic E-state index is 0.129. The van der Waals surface area contributed by atoms with Crippen molar-refractivity contribution in [2.75, 3.05) is 6.61 Å². The lowest BCUT2D eigenvalue weighted by Crippen LogP contribution is -2.37. The standard InChI is InChI=1S/C15H19NO4/c1-10-7-12(8-11-5-3-2-4-6-11)14(17)19-9-13(16)15(18)20-10/h2-6,10,12-13H,7-9,16H2,1H3/t10-,12-,13-/m0/s1. The van der Waals surface area contributed by atoms with Crippen molar-refractivity contribution in [1.82, 2.24) is 0 Å². The number of hydrogen-bond donors (Lipinski definition) is 1. The van der Waals surface area contributed by atoms with E-state index < -0.39 is 12.0 Å². The molecule has 0 spiro atoms. The first-order chi connectivity index (χ1) is 9.56. The van der Waals surface area contributed by atoms with Gasteiger partial charge in [-0.25, -0.2) is 0 Å². The minimum Gasteiger partial charge on any atom is -0.463 e. The molecule has 1 saturated heterocycles. The van der Waals surface area contributed by atoms with Gasteiger partial charge in [0.2, 0.25) is 0 Å². The van der Waals surface area contributed by atoms with Crippen LogP contribution < -0.4 is 5.73 Å². The smallest absolute Gasteiger partial charge is 0.326 e. The molecule has 0 unspecified atom stereocenters. The highest BCUT2D eigenvalue weighted by molar-refractivity contribution is 5.78. The van der Waals surface area contributed by atoms with Gasteiger partial charge in [-0.2, -0.15) is 0 Å². The van der Waals surface area contributed by atoms with Crippen LogP contribution in [0.1, 0.15) is 18.9 Å². The van der Waals surface area contributed by atoms with E-state index in [4.69, 9.17) is 15.2 Å². The van der Waals surface area contributed by atoms with E-state index >= 15 is 0 Å². The van der Waals surface area contributed by atoms with Gasteiger partial charge in [-0.3, -0.25) is 9.59 Å². The van der Waals surface area contributed by atoms with Gasteiger partial charge in [-0.15, -0.1) is 0 Å². The van der Waals surface area contributed by atoms with Crippen molar-refractivity contribution >= 4 is 11.9 Å². The van der Waals surface area contributed by atoms with Crippen LogP contribution in [-0.2, 0) is 25.5 Å². The van der Waals surface area contributed by atoms with Gasteiger partial charge in [-0.05, 0) is 25.3 Å². The van der Waals surface area contributed by atoms with E-state index in [1.54, 1.807) is 6.92 Å². The van der Waals surface area contributed by atoms with Crippen LogP contribution in [0.3, 0.4) is 0 Å². The lowest BCUT2D eigenvalue weighted by Gasteiger charge is -2.18. The van der Waals surface area contributed by atoms with E-state index in [9.17, 15) is 9.59 Å². The van der Waals surface area contributed by atoms with Crippen molar-refractivity contribution < 1.29 is 19.1 Å². The van der Waals surface area contributed by atoms with Crippen molar-refractivity contribution in [3.05, 3.63) is 35.9 Å². The Kier molecular flexibility index (Phi) is 4.74. The number of cyclic esters (lactones) is 2. The Morgan fingerprint density at radius 2 is 1.90 bits per heavy atom. The maximum absolute atomic E-state index is 12.1. The first kappa shape index (κ1) is 14.5. The van der Waals surface area contributed by atoms with Crippen molar-refractivity contribution in [1.29, 1.82) is 0 Å². The number of hydrogen-bond acceptors (Lipinski definition) is 5. The molecule has 1 aliphatic rings. The molecular weight excluding hydrogens is 258 g/mol. The molecule has 5 nitrogen and oxygen atoms in total. The van der Waals surface area contributed by atoms with Gasteiger partial charge in [0, 0.05) is 0 Å². The molecule has 2 N–H and O–H groups in total. The SMILES string of the molecule is C[C@H]1C[C@@H](Cc2ccccc2)C(=O)OC[C@H](N)C(=O)O1. The lowest BCUT2D eigenvalue weighted by atomic mass is 9.94. The summed E-state index contributed by atoms with van der Waals surface area (Å²) in [7, 11) is 0. The van der Waals surface area contributed by atoms with Gasteiger partial charge in [0.15, 0.2) is 0 Å². The van der Waals surface area contributed by atoms with Crippen LogP contribution >= 0.6 is 0 Å². The molecule has 1 aromatic rings. The van der Waals surface area contributed by atoms with Crippen molar-refractivity contribution in [3.8, 4) is 0 Å². The highest BCUT2D eigenvalue weighted by Gasteiger charge is 2.29. The molecule has 20 heavy (non-hydrogen) atoms. The predicted molar refractivity (Wildman–Crippen MR) is 72.7 cm³/mol. The molecular formula is C15H19NO4. The molecule has 0 amide bonds. The Labute approximate surface area is 118 Å². The molecule has 0 aromatic heterocycles. The second-order valence-electron chi connectivity index (χ2n) is 5.11. The van der Waals surface area contributed by atoms with Gasteiger partial charge in [0.25, 0.3) is 0 Å². The van der Waals surface area contributed by atoms with E-state index in [2.05, 4.69) is 0 Å². The number of benzene rings is 1. The van der Waals surface area contributed by atoms with Crippen LogP contribution in [0, 0.1) is 5.92 Å². The fraction of sp³-hybridized carbons (Fsp3) is 0.467. The largest absolute Gasteiger partial charge is 0.463 e. The number of carbonyl (C=O) groups is 2. The Balaban J connectivity index is 2.10. The van der Waals surface area contributed by atoms with Crippen LogP contribution in [0.4, 0.5) is 0 Å². The highest BCUT2D eigenvalue weighted by Crippen LogP contribution is 2.19. The summed E-state index contributed by atoms with van der Waals surface area (Å²) in [4.78, 5) is 23.6. The zero-order valence-corrected chi connectivity index (χ0v) is 11.5. The average Bonchev–Trinajstić information content (AvgIpc) is 2.47. The molecule has 0 aliphatic carbocycles. The van der Waals surface area contributed by atoms with E-state index in [0.717, 1.165) is 5.56 Å². The Morgan fingerprint density at radius 1 is 1.20 bits per heavy atom. The molecule has 0 radical (unpaired) electrons. The summed E-state index contributed by atoms with van der Waals surface area (Å²) in [5.74, 6) is -1.18. The zero-order chi connectivity index (χ0) is 14.5. The number of rotatable bonds is 2. The van der Waals surface area contributed by atoms with E-state index in [-0.39, 0.29) is 24.6 Å². The lowest BCUT2D eigenvalue weighted by molar-refractivity contribution is -0.151. The van der Waals surface area contributed by atoms with E-state index in [0.29, 0.717) is 12.8 Å². The molecule has 1 fully saturated rings. The fourth-order valence-electron chi connectivity index (χ4n) is 2.25. The topological polar surface area (TPSA) is 78.6 Å². The third-order valence-corrected chi connectivity index (χ3v) is 3.30. The second-order valence-corrected chi connectivity index (χ2v) is 5.11. The molecule has 0 bridgehead atoms. The predicted octanol–water partition coefficient (Wildman–Crippen LogP) is 1.05. The molecule has 108 valence electrons. The second kappa shape index (κ2) is 6.52. The van der Waals surface area contributed by atoms with Crippen LogP contribution in [0.2, 0.25) is 0 Å². The van der Waals surface area contributed by atoms with Gasteiger partial charge in [-0.1, -0.05) is 30.3 Å². The van der Waals surface area contributed by atoms with E-state index in [1.807, 2.05) is 30.3 Å². The first-order valence-electron chi connectivity index (χ1n) is 6.73. The molecule has 2 rings (SSSR count).